The lowest BCUT2D eigenvalue weighted by molar-refractivity contribution is -0.561. The van der Waals surface area contributed by atoms with Crippen LogP contribution < -0.4 is 27.0 Å². The molecule has 75 heavy (non-hydrogen) atoms. The molecule has 3 saturated heterocycles. The van der Waals surface area contributed by atoms with E-state index in [2.05, 4.69) is 48.6 Å². The van der Waals surface area contributed by atoms with E-state index in [-0.39, 0.29) is 36.6 Å². The van der Waals surface area contributed by atoms with Crippen LogP contribution >= 0.6 is 0 Å². The molecular formula is C53H82N9O13+. The van der Waals surface area contributed by atoms with Crippen molar-refractivity contribution in [2.75, 3.05) is 13.1 Å². The second-order valence-electron chi connectivity index (χ2n) is 21.2. The van der Waals surface area contributed by atoms with Crippen LogP contribution in [0.5, 0.6) is 5.75 Å². The molecule has 0 radical (unpaired) electrons. The molecule has 1 aliphatic carbocycles. The fourth-order valence-electron chi connectivity index (χ4n) is 10.8. The summed E-state index contributed by atoms with van der Waals surface area (Å²) in [5.41, 5.74) is 14.9. The van der Waals surface area contributed by atoms with Crippen LogP contribution in [-0.4, -0.2) is 166 Å². The summed E-state index contributed by atoms with van der Waals surface area (Å²) in [6.07, 6.45) is 1.77. The molecule has 3 fully saturated rings. The van der Waals surface area contributed by atoms with Crippen LogP contribution in [0.15, 0.2) is 48.7 Å². The van der Waals surface area contributed by atoms with Crippen LogP contribution in [0.4, 0.5) is 0 Å². The number of rotatable bonds is 21. The molecule has 4 aliphatic rings. The molecule has 0 saturated carbocycles. The number of benzene rings is 1. The first-order valence-corrected chi connectivity index (χ1v) is 26.7. The molecule has 1 aromatic carbocycles. The SMILES string of the molecule is C=CC1NC2=CC3CCN(C(=O)C(C(O)CC(N)=O)NC(=O)C(C(O)C(O)c4ccc(O)cc4)NC(=O)C4CC(O)CN4C(=O)C(CC)[N+](=N)C(=O)C(NC(=O)CCCCCCCCC(C)CC(C)CC)CC1O)C23. The zero-order valence-electron chi connectivity index (χ0n) is 43.8. The summed E-state index contributed by atoms with van der Waals surface area (Å²) in [5.74, 6) is -6.03. The Balaban J connectivity index is 1.46. The van der Waals surface area contributed by atoms with Gasteiger partial charge in [-0.1, -0.05) is 102 Å². The monoisotopic (exact) mass is 1050 g/mol. The lowest BCUT2D eigenvalue weighted by Crippen LogP contribution is -2.64. The molecule has 1 aromatic rings. The van der Waals surface area contributed by atoms with E-state index in [1.54, 1.807) is 0 Å². The van der Waals surface area contributed by atoms with Gasteiger partial charge in [-0.05, 0) is 53.5 Å². The van der Waals surface area contributed by atoms with Gasteiger partial charge in [-0.25, -0.2) is 4.79 Å². The van der Waals surface area contributed by atoms with Crippen molar-refractivity contribution in [3.63, 3.8) is 0 Å². The minimum absolute atomic E-state index is 0.0267. The number of primary amides is 1. The van der Waals surface area contributed by atoms with Gasteiger partial charge in [-0.3, -0.25) is 28.8 Å². The number of nitrogens with zero attached hydrogens (tertiary/aromatic N) is 3. The fraction of sp³-hybridized carbons (Fsp3) is 0.679. The third-order valence-electron chi connectivity index (χ3n) is 15.3. The molecule has 0 aromatic heterocycles. The van der Waals surface area contributed by atoms with Crippen molar-refractivity contribution in [2.24, 2.45) is 23.5 Å². The first-order chi connectivity index (χ1) is 35.6. The first kappa shape index (κ1) is 60.1. The van der Waals surface area contributed by atoms with Crippen LogP contribution in [0.1, 0.15) is 136 Å². The number of carbonyl (C=O) groups is 7. The maximum absolute atomic E-state index is 14.6. The highest BCUT2D eigenvalue weighted by molar-refractivity contribution is 5.96. The van der Waals surface area contributed by atoms with Gasteiger partial charge in [0.1, 0.15) is 36.1 Å². The number of fused-ring (bicyclic) bond motifs is 1. The smallest absolute Gasteiger partial charge is 0.434 e. The van der Waals surface area contributed by atoms with Crippen molar-refractivity contribution in [1.82, 2.24) is 31.1 Å². The molecule has 7 amide bonds. The van der Waals surface area contributed by atoms with E-state index < -0.39 is 140 Å². The van der Waals surface area contributed by atoms with E-state index in [1.165, 1.54) is 61.4 Å². The normalized spacial score (nSPS) is 28.9. The summed E-state index contributed by atoms with van der Waals surface area (Å²) >= 11 is 0. The molecule has 0 bridgehead atoms. The summed E-state index contributed by atoms with van der Waals surface area (Å²) in [6, 6.07) is -5.78. The predicted molar refractivity (Wildman–Crippen MR) is 272 cm³/mol. The van der Waals surface area contributed by atoms with Gasteiger partial charge in [0.25, 0.3) is 11.9 Å². The lowest BCUT2D eigenvalue weighted by atomic mass is 9.84. The summed E-state index contributed by atoms with van der Waals surface area (Å²) in [4.78, 5) is 101. The number of hydrogen-bond donors (Lipinski definition) is 12. The Morgan fingerprint density at radius 3 is 2.19 bits per heavy atom. The number of unbranched alkanes of at least 4 members (excludes halogenated alkanes) is 5. The van der Waals surface area contributed by atoms with E-state index in [0.717, 1.165) is 37.0 Å². The standard InChI is InChI=1S/C53H81N9O13/c1-6-29(4)23-30(5)15-13-11-9-10-12-14-16-43(68)57-37-26-40(65)35(7-2)56-36-24-32-21-22-60(46(32)36)53(75)44(41(66)27-42(54)67)58-50(72)45(48(70)47(69)31-17-19-33(63)20-18-31)59-49(71)39-25-34(64)28-61(39)52(74)38(8-3)62(55)51(37)73/h7,17-20,24,29-30,32,34-35,37-41,44-48,55-56,64-66,69-70H,2,6,8-16,21-23,25-28H2,1,3-5H3,(H5-,54,57,58,59,63,67,68,71,72)/p+1. The van der Waals surface area contributed by atoms with Gasteiger partial charge in [-0.15, -0.1) is 6.58 Å². The van der Waals surface area contributed by atoms with Gasteiger partial charge in [0.05, 0.1) is 36.8 Å². The highest BCUT2D eigenvalue weighted by Gasteiger charge is 2.51. The van der Waals surface area contributed by atoms with Gasteiger partial charge in [-0.2, -0.15) is 0 Å². The molecule has 13 N–H and O–H groups in total. The zero-order valence-corrected chi connectivity index (χ0v) is 43.8. The number of carbonyl (C=O) groups excluding carboxylic acids is 7. The number of aliphatic hydroxyl groups excluding tert-OH is 5. The Morgan fingerprint density at radius 2 is 1.55 bits per heavy atom. The predicted octanol–water partition coefficient (Wildman–Crippen LogP) is 1.00. The zero-order chi connectivity index (χ0) is 55.3. The summed E-state index contributed by atoms with van der Waals surface area (Å²) in [6.45, 7) is 11.8. The molecule has 22 heteroatoms. The molecule has 22 nitrogen and oxygen atoms in total. The van der Waals surface area contributed by atoms with Crippen molar-refractivity contribution >= 4 is 41.4 Å². The lowest BCUT2D eigenvalue weighted by Gasteiger charge is -2.40. The van der Waals surface area contributed by atoms with Crippen molar-refractivity contribution in [3.8, 4) is 5.75 Å². The third-order valence-corrected chi connectivity index (χ3v) is 15.3. The quantitative estimate of drug-likeness (QED) is 0.0465. The molecule has 15 atom stereocenters. The van der Waals surface area contributed by atoms with Gasteiger partial charge in [0.15, 0.2) is 6.04 Å². The number of hydrogen-bond acceptors (Lipinski definition) is 15. The van der Waals surface area contributed by atoms with Gasteiger partial charge >= 0.3 is 5.91 Å². The number of phenolic OH excluding ortho intramolecular Hbond substituents is 1. The van der Waals surface area contributed by atoms with E-state index in [9.17, 15) is 64.2 Å². The molecule has 416 valence electrons. The van der Waals surface area contributed by atoms with Crippen molar-refractivity contribution < 1.29 is 68.9 Å². The Hall–Kier alpha value is -5.81. The highest BCUT2D eigenvalue weighted by atomic mass is 16.3. The topological polar surface area (TPSA) is 348 Å². The minimum atomic E-state index is -2.23. The summed E-state index contributed by atoms with van der Waals surface area (Å²) < 4.78 is 0.384. The average molecular weight is 1050 g/mol. The van der Waals surface area contributed by atoms with E-state index in [0.29, 0.717) is 35.1 Å². The number of aliphatic hydroxyl groups is 5. The molecule has 3 aliphatic heterocycles. The van der Waals surface area contributed by atoms with Crippen LogP contribution in [0.3, 0.4) is 0 Å². The third kappa shape index (κ3) is 15.6. The minimum Gasteiger partial charge on any atom is -0.508 e. The molecular weight excluding hydrogens is 971 g/mol. The summed E-state index contributed by atoms with van der Waals surface area (Å²) in [5, 5.41) is 77.6. The Bertz CT molecular complexity index is 2230. The summed E-state index contributed by atoms with van der Waals surface area (Å²) in [7, 11) is 0. The Morgan fingerprint density at radius 1 is 0.893 bits per heavy atom. The number of phenols is 1. The van der Waals surface area contributed by atoms with Gasteiger partial charge in [0.2, 0.25) is 29.5 Å². The first-order valence-electron chi connectivity index (χ1n) is 26.7. The average Bonchev–Trinajstić information content (AvgIpc) is 3.93. The largest absolute Gasteiger partial charge is 0.508 e. The van der Waals surface area contributed by atoms with Crippen molar-refractivity contribution in [3.05, 3.63) is 54.3 Å². The molecule has 15 unspecified atom stereocenters. The maximum Gasteiger partial charge on any atom is 0.434 e. The Labute approximate surface area is 439 Å². The van der Waals surface area contributed by atoms with Crippen molar-refractivity contribution in [2.45, 2.75) is 197 Å². The Kier molecular flexibility index (Phi) is 22.3. The van der Waals surface area contributed by atoms with Crippen LogP contribution in [-0.2, 0) is 33.6 Å². The van der Waals surface area contributed by atoms with Crippen LogP contribution in [0.25, 0.3) is 0 Å². The van der Waals surface area contributed by atoms with E-state index >= 15 is 0 Å². The second-order valence-corrected chi connectivity index (χ2v) is 21.2. The number of nitrogens with two attached hydrogens (primary N) is 1. The highest BCUT2D eigenvalue weighted by Crippen LogP contribution is 2.39. The number of nitrogens with one attached hydrogen (secondary N) is 5. The second kappa shape index (κ2) is 27.8. The van der Waals surface area contributed by atoms with Crippen molar-refractivity contribution in [1.29, 1.82) is 5.53 Å². The fourth-order valence-corrected chi connectivity index (χ4v) is 10.8. The van der Waals surface area contributed by atoms with Gasteiger partial charge in [0, 0.05) is 50.4 Å². The van der Waals surface area contributed by atoms with Crippen LogP contribution in [0.2, 0.25) is 0 Å². The van der Waals surface area contributed by atoms with Crippen LogP contribution in [0, 0.1) is 23.3 Å². The van der Waals surface area contributed by atoms with E-state index in [4.69, 9.17) is 11.3 Å². The van der Waals surface area contributed by atoms with Gasteiger partial charge < -0.3 is 67.4 Å². The number of amides is 7. The number of aromatic hydroxyl groups is 1. The molecule has 0 spiro atoms. The van der Waals surface area contributed by atoms with E-state index in [1.807, 2.05) is 6.08 Å². The maximum atomic E-state index is 14.6. The molecule has 5 rings (SSSR count). The molecule has 3 heterocycles.